The highest BCUT2D eigenvalue weighted by Gasteiger charge is 2.58. The molecular formula is C28H33FN2O3. The standard InChI is InChI=1S/C28H33FN2O3/c1-28-14-13-20-19-6-4-7-23(29)21(19)10-11-22(20)27(28)17(15-24(28)32)5-3-8-26(33)31-25-12-9-18(34-2)16-30-25/h4,6-7,9,12,16-17,20,22,27H,3,5,8,10-11,13-15H2,1-2H3,(H,30,31,33)/t17-,20?,22?,27?,28-/m1/s1. The molecule has 2 saturated carbocycles. The zero-order valence-corrected chi connectivity index (χ0v) is 20.0. The second-order valence-corrected chi connectivity index (χ2v) is 10.5. The van der Waals surface area contributed by atoms with Crippen LogP contribution < -0.4 is 10.1 Å². The van der Waals surface area contributed by atoms with Gasteiger partial charge in [0.25, 0.3) is 0 Å². The van der Waals surface area contributed by atoms with E-state index in [1.807, 2.05) is 6.07 Å². The first-order chi connectivity index (χ1) is 16.4. The van der Waals surface area contributed by atoms with E-state index in [1.165, 1.54) is 5.56 Å². The van der Waals surface area contributed by atoms with Gasteiger partial charge in [-0.3, -0.25) is 9.59 Å². The first-order valence-electron chi connectivity index (χ1n) is 12.5. The SMILES string of the molecule is COc1ccc(NC(=O)CCC[C@@H]2CC(=O)[C@@]3(C)CCC4c5cccc(F)c5CCC4C23)nc1. The summed E-state index contributed by atoms with van der Waals surface area (Å²) in [7, 11) is 1.58. The number of fused-ring (bicyclic) bond motifs is 5. The number of carbonyl (C=O) groups excluding carboxylic acids is 2. The maximum absolute atomic E-state index is 14.4. The summed E-state index contributed by atoms with van der Waals surface area (Å²) in [5.74, 6) is 2.78. The van der Waals surface area contributed by atoms with E-state index in [2.05, 4.69) is 23.3 Å². The fourth-order valence-corrected chi connectivity index (χ4v) is 7.20. The fraction of sp³-hybridized carbons (Fsp3) is 0.536. The average Bonchev–Trinajstić information content (AvgIpc) is 3.09. The van der Waals surface area contributed by atoms with E-state index in [0.717, 1.165) is 44.1 Å². The molecule has 3 unspecified atom stereocenters. The predicted molar refractivity (Wildman–Crippen MR) is 128 cm³/mol. The molecule has 3 aliphatic rings. The molecule has 0 bridgehead atoms. The molecule has 1 amide bonds. The van der Waals surface area contributed by atoms with E-state index in [-0.39, 0.29) is 17.1 Å². The third-order valence-corrected chi connectivity index (χ3v) is 8.78. The van der Waals surface area contributed by atoms with Gasteiger partial charge in [0, 0.05) is 18.3 Å². The number of ketones is 1. The molecule has 1 heterocycles. The number of nitrogens with zero attached hydrogens (tertiary/aromatic N) is 1. The van der Waals surface area contributed by atoms with E-state index in [1.54, 1.807) is 31.5 Å². The topological polar surface area (TPSA) is 68.3 Å². The summed E-state index contributed by atoms with van der Waals surface area (Å²) >= 11 is 0. The third-order valence-electron chi connectivity index (χ3n) is 8.78. The number of halogens is 1. The summed E-state index contributed by atoms with van der Waals surface area (Å²) in [4.78, 5) is 29.8. The molecular weight excluding hydrogens is 431 g/mol. The zero-order chi connectivity index (χ0) is 23.9. The molecule has 1 N–H and O–H groups in total. The normalized spacial score (nSPS) is 29.7. The number of benzene rings is 1. The second kappa shape index (κ2) is 9.12. The van der Waals surface area contributed by atoms with Gasteiger partial charge in [-0.25, -0.2) is 9.37 Å². The molecule has 5 nitrogen and oxygen atoms in total. The minimum Gasteiger partial charge on any atom is -0.495 e. The van der Waals surface area contributed by atoms with Gasteiger partial charge in [-0.05, 0) is 91.5 Å². The number of aromatic nitrogens is 1. The van der Waals surface area contributed by atoms with Gasteiger partial charge in [-0.1, -0.05) is 19.1 Å². The molecule has 1 aromatic carbocycles. The Morgan fingerprint density at radius 2 is 2.12 bits per heavy atom. The Bertz CT molecular complexity index is 1090. The largest absolute Gasteiger partial charge is 0.495 e. The van der Waals surface area contributed by atoms with Crippen molar-refractivity contribution in [1.29, 1.82) is 0 Å². The summed E-state index contributed by atoms with van der Waals surface area (Å²) in [6.45, 7) is 2.17. The van der Waals surface area contributed by atoms with Crippen LogP contribution in [0, 0.1) is 29.0 Å². The zero-order valence-electron chi connectivity index (χ0n) is 20.0. The highest BCUT2D eigenvalue weighted by molar-refractivity contribution is 5.90. The van der Waals surface area contributed by atoms with Crippen molar-refractivity contribution >= 4 is 17.5 Å². The predicted octanol–water partition coefficient (Wildman–Crippen LogP) is 5.69. The maximum atomic E-state index is 14.4. The molecule has 2 aromatic rings. The Balaban J connectivity index is 1.25. The minimum absolute atomic E-state index is 0.0617. The molecule has 2 fully saturated rings. The number of ether oxygens (including phenoxy) is 1. The van der Waals surface area contributed by atoms with Crippen LogP contribution in [-0.2, 0) is 16.0 Å². The Hall–Kier alpha value is -2.76. The van der Waals surface area contributed by atoms with Gasteiger partial charge in [0.1, 0.15) is 23.2 Å². The molecule has 1 aromatic heterocycles. The minimum atomic E-state index is -0.272. The number of hydrogen-bond acceptors (Lipinski definition) is 4. The van der Waals surface area contributed by atoms with Crippen molar-refractivity contribution in [3.8, 4) is 5.75 Å². The Kier molecular flexibility index (Phi) is 6.17. The van der Waals surface area contributed by atoms with E-state index in [4.69, 9.17) is 4.74 Å². The van der Waals surface area contributed by atoms with Crippen molar-refractivity contribution in [2.24, 2.45) is 23.2 Å². The van der Waals surface area contributed by atoms with Crippen LogP contribution in [0.25, 0.3) is 0 Å². The van der Waals surface area contributed by atoms with Gasteiger partial charge in [-0.2, -0.15) is 0 Å². The van der Waals surface area contributed by atoms with Crippen LogP contribution in [0.15, 0.2) is 36.5 Å². The summed E-state index contributed by atoms with van der Waals surface area (Å²) in [5.41, 5.74) is 1.78. The number of rotatable bonds is 6. The molecule has 0 aliphatic heterocycles. The van der Waals surface area contributed by atoms with Crippen LogP contribution in [0.3, 0.4) is 0 Å². The number of pyridine rings is 1. The molecule has 6 heteroatoms. The van der Waals surface area contributed by atoms with Crippen molar-refractivity contribution in [2.45, 2.75) is 64.2 Å². The molecule has 0 spiro atoms. The molecule has 0 saturated heterocycles. The Morgan fingerprint density at radius 3 is 2.88 bits per heavy atom. The number of amides is 1. The van der Waals surface area contributed by atoms with Crippen LogP contribution in [-0.4, -0.2) is 23.8 Å². The summed E-state index contributed by atoms with van der Waals surface area (Å²) in [5, 5.41) is 2.84. The lowest BCUT2D eigenvalue weighted by molar-refractivity contribution is -0.129. The highest BCUT2D eigenvalue weighted by atomic mass is 19.1. The van der Waals surface area contributed by atoms with Crippen molar-refractivity contribution in [2.75, 3.05) is 12.4 Å². The first kappa shape index (κ1) is 23.0. The number of carbonyl (C=O) groups is 2. The molecule has 5 atom stereocenters. The number of anilines is 1. The Labute approximate surface area is 200 Å². The number of Topliss-reactive ketones (excluding diaryl/α,β-unsaturated/α-hetero) is 1. The molecule has 3 aliphatic carbocycles. The molecule has 34 heavy (non-hydrogen) atoms. The van der Waals surface area contributed by atoms with E-state index >= 15 is 0 Å². The lowest BCUT2D eigenvalue weighted by Crippen LogP contribution is -2.44. The number of hydrogen-bond donors (Lipinski definition) is 1. The van der Waals surface area contributed by atoms with Crippen molar-refractivity contribution in [1.82, 2.24) is 4.98 Å². The van der Waals surface area contributed by atoms with Crippen LogP contribution in [0.5, 0.6) is 5.75 Å². The summed E-state index contributed by atoms with van der Waals surface area (Å²) in [6, 6.07) is 8.99. The van der Waals surface area contributed by atoms with Crippen LogP contribution in [0.1, 0.15) is 68.9 Å². The van der Waals surface area contributed by atoms with Crippen LogP contribution in [0.2, 0.25) is 0 Å². The third kappa shape index (κ3) is 4.01. The average molecular weight is 465 g/mol. The van der Waals surface area contributed by atoms with E-state index in [0.29, 0.717) is 53.9 Å². The lowest BCUT2D eigenvalue weighted by atomic mass is 9.54. The lowest BCUT2D eigenvalue weighted by Gasteiger charge is -2.50. The first-order valence-corrected chi connectivity index (χ1v) is 12.5. The number of nitrogens with one attached hydrogen (secondary N) is 1. The van der Waals surface area contributed by atoms with Gasteiger partial charge in [0.05, 0.1) is 13.3 Å². The maximum Gasteiger partial charge on any atom is 0.225 e. The van der Waals surface area contributed by atoms with E-state index in [9.17, 15) is 14.0 Å². The van der Waals surface area contributed by atoms with Crippen molar-refractivity contribution in [3.05, 3.63) is 53.5 Å². The quantitative estimate of drug-likeness (QED) is 0.596. The molecule has 0 radical (unpaired) electrons. The smallest absolute Gasteiger partial charge is 0.225 e. The van der Waals surface area contributed by atoms with Crippen molar-refractivity contribution in [3.63, 3.8) is 0 Å². The fourth-order valence-electron chi connectivity index (χ4n) is 7.20. The van der Waals surface area contributed by atoms with E-state index < -0.39 is 0 Å². The second-order valence-electron chi connectivity index (χ2n) is 10.5. The van der Waals surface area contributed by atoms with Gasteiger partial charge in [0.2, 0.25) is 5.91 Å². The Morgan fingerprint density at radius 1 is 1.26 bits per heavy atom. The van der Waals surface area contributed by atoms with Crippen LogP contribution >= 0.6 is 0 Å². The van der Waals surface area contributed by atoms with Crippen LogP contribution in [0.4, 0.5) is 10.2 Å². The number of methoxy groups -OCH3 is 1. The van der Waals surface area contributed by atoms with Gasteiger partial charge in [0.15, 0.2) is 0 Å². The monoisotopic (exact) mass is 464 g/mol. The van der Waals surface area contributed by atoms with Gasteiger partial charge >= 0.3 is 0 Å². The summed E-state index contributed by atoms with van der Waals surface area (Å²) < 4.78 is 19.5. The van der Waals surface area contributed by atoms with Gasteiger partial charge in [-0.15, -0.1) is 0 Å². The van der Waals surface area contributed by atoms with Crippen molar-refractivity contribution < 1.29 is 18.7 Å². The molecule has 5 rings (SSSR count). The summed E-state index contributed by atoms with van der Waals surface area (Å²) in [6.07, 6.45) is 7.77. The van der Waals surface area contributed by atoms with Gasteiger partial charge < -0.3 is 10.1 Å². The molecule has 180 valence electrons. The highest BCUT2D eigenvalue weighted by Crippen LogP contribution is 2.62.